The van der Waals surface area contributed by atoms with Crippen LogP contribution in [-0.2, 0) is 42.4 Å². The molecule has 2 aromatic rings. The Labute approximate surface area is 219 Å². The molecule has 0 saturated carbocycles. The first-order valence-electron chi connectivity index (χ1n) is 11.8. The maximum Gasteiger partial charge on any atom is 0.590 e. The van der Waals surface area contributed by atoms with Crippen molar-refractivity contribution in [3.8, 4) is 11.5 Å². The van der Waals surface area contributed by atoms with E-state index < -0.39 is 62.4 Å². The van der Waals surface area contributed by atoms with E-state index in [1.807, 2.05) is 0 Å². The second-order valence-electron chi connectivity index (χ2n) is 8.58. The van der Waals surface area contributed by atoms with Gasteiger partial charge in [-0.05, 0) is 31.2 Å². The van der Waals surface area contributed by atoms with E-state index in [0.29, 0.717) is 0 Å². The number of carbonyl (C=O) groups is 3. The first kappa shape index (κ1) is 27.6. The van der Waals surface area contributed by atoms with Gasteiger partial charge in [-0.2, -0.15) is 0 Å². The highest BCUT2D eigenvalue weighted by Gasteiger charge is 2.56. The highest BCUT2D eigenvalue weighted by Crippen LogP contribution is 2.52. The van der Waals surface area contributed by atoms with Crippen LogP contribution in [0.15, 0.2) is 60.7 Å². The quantitative estimate of drug-likeness (QED) is 0.364. The molecule has 2 aromatic carbocycles. The van der Waals surface area contributed by atoms with Gasteiger partial charge in [0.25, 0.3) is 0 Å². The van der Waals surface area contributed by atoms with Gasteiger partial charge in [-0.1, -0.05) is 36.4 Å². The van der Waals surface area contributed by atoms with Crippen LogP contribution in [-0.4, -0.2) is 61.2 Å². The second kappa shape index (κ2) is 12.0. The van der Waals surface area contributed by atoms with Crippen LogP contribution in [0, 0.1) is 0 Å². The van der Waals surface area contributed by atoms with E-state index in [9.17, 15) is 18.9 Å². The molecule has 0 unspecified atom stereocenters. The average molecular weight is 549 g/mol. The van der Waals surface area contributed by atoms with Gasteiger partial charge in [0.05, 0.1) is 0 Å². The minimum absolute atomic E-state index is 0.185. The monoisotopic (exact) mass is 549 g/mol. The molecule has 38 heavy (non-hydrogen) atoms. The molecule has 6 atom stereocenters. The summed E-state index contributed by atoms with van der Waals surface area (Å²) < 4.78 is 53.7. The van der Waals surface area contributed by atoms with Gasteiger partial charge in [-0.25, -0.2) is 13.9 Å². The Morgan fingerprint density at radius 2 is 1.50 bits per heavy atom. The number of hydrogen-bond acceptors (Lipinski definition) is 11. The molecule has 13 heteroatoms. The van der Waals surface area contributed by atoms with E-state index in [2.05, 4.69) is 5.32 Å². The van der Waals surface area contributed by atoms with Gasteiger partial charge in [0.15, 0.2) is 18.5 Å². The average Bonchev–Trinajstić information content (AvgIpc) is 2.86. The minimum Gasteiger partial charge on any atom is -0.463 e. The first-order chi connectivity index (χ1) is 18.1. The molecule has 2 fully saturated rings. The van der Waals surface area contributed by atoms with Crippen molar-refractivity contribution < 1.29 is 51.5 Å². The zero-order chi connectivity index (χ0) is 27.3. The molecule has 4 rings (SSSR count). The molecule has 2 heterocycles. The van der Waals surface area contributed by atoms with E-state index in [4.69, 9.17) is 32.5 Å². The number of esters is 2. The van der Waals surface area contributed by atoms with Crippen molar-refractivity contribution in [2.24, 2.45) is 0 Å². The molecule has 2 aliphatic heterocycles. The lowest BCUT2D eigenvalue weighted by atomic mass is 9.95. The summed E-state index contributed by atoms with van der Waals surface area (Å²) in [5, 5.41) is 2.66. The number of phosphoric acid groups is 1. The molecule has 0 aromatic heterocycles. The Bertz CT molecular complexity index is 1130. The van der Waals surface area contributed by atoms with Gasteiger partial charge in [0, 0.05) is 13.8 Å². The van der Waals surface area contributed by atoms with Gasteiger partial charge in [0.2, 0.25) is 5.91 Å². The number of nitrogens with one attached hydrogen (secondary N) is 1. The van der Waals surface area contributed by atoms with Gasteiger partial charge >= 0.3 is 19.8 Å². The zero-order valence-electron chi connectivity index (χ0n) is 20.9. The summed E-state index contributed by atoms with van der Waals surface area (Å²) in [6.45, 7) is 3.61. The van der Waals surface area contributed by atoms with Crippen LogP contribution in [0.25, 0.3) is 0 Å². The smallest absolute Gasteiger partial charge is 0.463 e. The molecule has 0 aliphatic carbocycles. The normalized spacial score (nSPS) is 26.9. The predicted molar refractivity (Wildman–Crippen MR) is 130 cm³/mol. The maximum atomic E-state index is 14.0. The summed E-state index contributed by atoms with van der Waals surface area (Å²) in [7, 11) is -4.50. The van der Waals surface area contributed by atoms with Crippen molar-refractivity contribution in [2.45, 2.75) is 57.5 Å². The molecule has 2 aliphatic rings. The van der Waals surface area contributed by atoms with Gasteiger partial charge in [-0.3, -0.25) is 9.59 Å². The number of benzene rings is 2. The van der Waals surface area contributed by atoms with Crippen molar-refractivity contribution in [1.82, 2.24) is 5.32 Å². The Balaban J connectivity index is 1.68. The van der Waals surface area contributed by atoms with Crippen molar-refractivity contribution >= 4 is 25.7 Å². The lowest BCUT2D eigenvalue weighted by Gasteiger charge is -2.48. The van der Waals surface area contributed by atoms with Crippen LogP contribution in [0.1, 0.15) is 20.8 Å². The molecule has 0 spiro atoms. The van der Waals surface area contributed by atoms with Crippen molar-refractivity contribution in [1.29, 1.82) is 0 Å². The van der Waals surface area contributed by atoms with Crippen LogP contribution in [0.5, 0.6) is 11.5 Å². The third kappa shape index (κ3) is 6.90. The first-order valence-corrected chi connectivity index (χ1v) is 13.3. The Morgan fingerprint density at radius 3 is 2.03 bits per heavy atom. The molecule has 204 valence electrons. The summed E-state index contributed by atoms with van der Waals surface area (Å²) in [5.41, 5.74) is 0. The summed E-state index contributed by atoms with van der Waals surface area (Å²) in [5.74, 6) is -1.38. The SMILES string of the molecule is CC(=O)N[C@H]1[C@@H](OP(=O)(Oc2ccccc2)Oc2ccccc2)O[C@H](COC(C)=O)[C@H]2OC(=O)[C@@H](C)O[C@H]12. The lowest BCUT2D eigenvalue weighted by molar-refractivity contribution is -0.287. The Hall–Kier alpha value is -3.44. The third-order valence-corrected chi connectivity index (χ3v) is 6.90. The summed E-state index contributed by atoms with van der Waals surface area (Å²) >= 11 is 0. The number of para-hydroxylation sites is 2. The molecule has 2 saturated heterocycles. The van der Waals surface area contributed by atoms with Crippen LogP contribution >= 0.6 is 7.82 Å². The van der Waals surface area contributed by atoms with Gasteiger partial charge < -0.3 is 33.3 Å². The Morgan fingerprint density at radius 1 is 0.921 bits per heavy atom. The van der Waals surface area contributed by atoms with E-state index in [0.717, 1.165) is 0 Å². The minimum atomic E-state index is -4.50. The van der Waals surface area contributed by atoms with E-state index in [-0.39, 0.29) is 18.1 Å². The maximum absolute atomic E-state index is 14.0. The van der Waals surface area contributed by atoms with E-state index in [1.165, 1.54) is 20.8 Å². The summed E-state index contributed by atoms with van der Waals surface area (Å²) in [4.78, 5) is 35.9. The van der Waals surface area contributed by atoms with Crippen LogP contribution in [0.4, 0.5) is 0 Å². The van der Waals surface area contributed by atoms with Crippen LogP contribution < -0.4 is 14.4 Å². The second-order valence-corrected chi connectivity index (χ2v) is 10.0. The van der Waals surface area contributed by atoms with Crippen LogP contribution in [0.2, 0.25) is 0 Å². The number of hydrogen-bond donors (Lipinski definition) is 1. The molecule has 1 amide bonds. The number of amides is 1. The number of phosphoric ester groups is 1. The summed E-state index contributed by atoms with van der Waals surface area (Å²) in [6, 6.07) is 15.3. The number of ether oxygens (including phenoxy) is 4. The largest absolute Gasteiger partial charge is 0.590 e. The molecule has 0 radical (unpaired) electrons. The molecular formula is C25H28NO11P. The molecule has 0 bridgehead atoms. The Kier molecular flexibility index (Phi) is 8.68. The van der Waals surface area contributed by atoms with E-state index in [1.54, 1.807) is 60.7 Å². The highest BCUT2D eigenvalue weighted by molar-refractivity contribution is 7.49. The van der Waals surface area contributed by atoms with Crippen LogP contribution in [0.3, 0.4) is 0 Å². The molecule has 1 N–H and O–H groups in total. The summed E-state index contributed by atoms with van der Waals surface area (Å²) in [6.07, 6.45) is -5.64. The van der Waals surface area contributed by atoms with Crippen molar-refractivity contribution in [3.05, 3.63) is 60.7 Å². The molecule has 12 nitrogen and oxygen atoms in total. The van der Waals surface area contributed by atoms with Gasteiger partial charge in [-0.15, -0.1) is 0 Å². The number of rotatable bonds is 9. The predicted octanol–water partition coefficient (Wildman–Crippen LogP) is 2.76. The number of fused-ring (bicyclic) bond motifs is 1. The fraction of sp³-hybridized carbons (Fsp3) is 0.400. The van der Waals surface area contributed by atoms with Crippen molar-refractivity contribution in [2.75, 3.05) is 6.61 Å². The molecular weight excluding hydrogens is 521 g/mol. The third-order valence-electron chi connectivity index (χ3n) is 5.57. The highest BCUT2D eigenvalue weighted by atomic mass is 31.2. The number of carbonyl (C=O) groups excluding carboxylic acids is 3. The van der Waals surface area contributed by atoms with E-state index >= 15 is 0 Å². The van der Waals surface area contributed by atoms with Gasteiger partial charge in [0.1, 0.15) is 36.4 Å². The fourth-order valence-corrected chi connectivity index (χ4v) is 5.27. The lowest BCUT2D eigenvalue weighted by Crippen LogP contribution is -2.69. The zero-order valence-corrected chi connectivity index (χ0v) is 21.8. The van der Waals surface area contributed by atoms with Crippen molar-refractivity contribution in [3.63, 3.8) is 0 Å². The standard InChI is InChI=1S/C25H28NO11P/c1-15-24(29)34-22-20(14-31-17(3)28)33-25(21(23(22)32-15)26-16(2)27)37-38(30,35-18-10-6-4-7-11-18)36-19-12-8-5-9-13-19/h4-13,15,20-23,25H,14H2,1-3H3,(H,26,27)/t15-,20-,21-,22-,23-,25-/m1/s1. The fourth-order valence-electron chi connectivity index (χ4n) is 3.95. The topological polar surface area (TPSA) is 145 Å².